The Bertz CT molecular complexity index is 4440. The third kappa shape index (κ3) is 4.86. The van der Waals surface area contributed by atoms with Crippen LogP contribution in [0.3, 0.4) is 0 Å². The molecule has 0 bridgehead atoms. The molecule has 0 aliphatic heterocycles. The van der Waals surface area contributed by atoms with Gasteiger partial charge in [-0.1, -0.05) is 163 Å². The van der Waals surface area contributed by atoms with Gasteiger partial charge in [0.25, 0.3) is 0 Å². The Kier molecular flexibility index (Phi) is 3.02. The van der Waals surface area contributed by atoms with E-state index in [0.717, 1.165) is 12.1 Å². The van der Waals surface area contributed by atoms with Gasteiger partial charge in [-0.25, -0.2) is 0 Å². The number of furan rings is 1. The van der Waals surface area contributed by atoms with E-state index in [9.17, 15) is 9.60 Å². The van der Waals surface area contributed by atoms with Gasteiger partial charge in [0, 0.05) is 10.8 Å². The van der Waals surface area contributed by atoms with Crippen molar-refractivity contribution in [3.63, 3.8) is 0 Å². The molecular formula is C51H34O. The molecule has 0 spiro atoms. The summed E-state index contributed by atoms with van der Waals surface area (Å²) >= 11 is 0. The molecule has 10 aromatic rings. The zero-order chi connectivity index (χ0) is 59.8. The predicted molar refractivity (Wildman–Crippen MR) is 221 cm³/mol. The van der Waals surface area contributed by atoms with Crippen molar-refractivity contribution in [2.45, 2.75) is 6.92 Å². The molecular weight excluding hydrogens is 629 g/mol. The summed E-state index contributed by atoms with van der Waals surface area (Å²) in [5.41, 5.74) is -7.28. The Morgan fingerprint density at radius 1 is 0.346 bits per heavy atom. The van der Waals surface area contributed by atoms with E-state index in [1.165, 1.54) is 6.92 Å². The lowest BCUT2D eigenvalue weighted by molar-refractivity contribution is 0.669. The van der Waals surface area contributed by atoms with Gasteiger partial charge in [-0.05, 0) is 114 Å². The van der Waals surface area contributed by atoms with Crippen LogP contribution >= 0.6 is 0 Å². The van der Waals surface area contributed by atoms with Gasteiger partial charge < -0.3 is 4.42 Å². The highest BCUT2D eigenvalue weighted by Gasteiger charge is 2.22. The molecule has 0 unspecified atom stereocenters. The second-order valence-electron chi connectivity index (χ2n) is 11.5. The molecule has 9 aromatic carbocycles. The van der Waals surface area contributed by atoms with Crippen LogP contribution < -0.4 is 0 Å². The molecule has 10 rings (SSSR count). The minimum atomic E-state index is -0.969. The monoisotopic (exact) mass is 691 g/mol. The summed E-state index contributed by atoms with van der Waals surface area (Å²) in [6.45, 7) is 1.26. The summed E-state index contributed by atoms with van der Waals surface area (Å²) in [5.74, 6) is 0. The minimum absolute atomic E-state index is 0.243. The van der Waals surface area contributed by atoms with Crippen molar-refractivity contribution < 1.29 is 44.2 Å². The molecule has 0 saturated heterocycles. The van der Waals surface area contributed by atoms with E-state index in [0.29, 0.717) is 0 Å². The average molecular weight is 692 g/mol. The van der Waals surface area contributed by atoms with E-state index in [2.05, 4.69) is 0 Å². The molecule has 52 heavy (non-hydrogen) atoms. The molecule has 1 nitrogen and oxygen atoms in total. The third-order valence-electron chi connectivity index (χ3n) is 8.62. The third-order valence-corrected chi connectivity index (χ3v) is 8.62. The molecule has 1 heterocycles. The van der Waals surface area contributed by atoms with Crippen LogP contribution in [0.1, 0.15) is 45.3 Å². The highest BCUT2D eigenvalue weighted by Crippen LogP contribution is 2.49. The molecule has 0 fully saturated rings. The lowest BCUT2D eigenvalue weighted by atomic mass is 9.83. The zero-order valence-corrected chi connectivity index (χ0v) is 26.6. The van der Waals surface area contributed by atoms with E-state index in [-0.39, 0.29) is 16.3 Å². The smallest absolute Gasteiger partial charge is 0.136 e. The maximum absolute atomic E-state index is 10.2. The van der Waals surface area contributed by atoms with E-state index in [4.69, 9.17) is 34.6 Å². The number of benzene rings is 9. The maximum atomic E-state index is 10.2. The molecule has 0 radical (unpaired) electrons. The molecule has 0 aliphatic rings. The first-order valence-electron chi connectivity index (χ1n) is 30.1. The van der Waals surface area contributed by atoms with Crippen LogP contribution in [-0.2, 0) is 0 Å². The van der Waals surface area contributed by atoms with Crippen LogP contribution in [0.2, 0.25) is 0 Å². The molecule has 0 atom stereocenters. The molecule has 0 saturated carbocycles. The zero-order valence-electron chi connectivity index (χ0n) is 55.6. The van der Waals surface area contributed by atoms with Crippen LogP contribution in [0.15, 0.2) is 192 Å². The highest BCUT2D eigenvalue weighted by molar-refractivity contribution is 6.24. The predicted octanol–water partition coefficient (Wildman–Crippen LogP) is 14.5. The van der Waals surface area contributed by atoms with Gasteiger partial charge in [-0.2, -0.15) is 0 Å². The molecule has 244 valence electrons. The van der Waals surface area contributed by atoms with Crippen molar-refractivity contribution in [3.05, 3.63) is 193 Å². The molecule has 0 amide bonds. The summed E-state index contributed by atoms with van der Waals surface area (Å²) in [7, 11) is 0. The van der Waals surface area contributed by atoms with E-state index >= 15 is 0 Å². The van der Waals surface area contributed by atoms with Crippen molar-refractivity contribution in [2.75, 3.05) is 0 Å². The van der Waals surface area contributed by atoms with Gasteiger partial charge in [0.15, 0.2) is 0 Å². The number of rotatable bonds is 5. The standard InChI is InChI=1S/C51H34O/c1-33-17-11-12-24-37(33)44-32-49-46(45-29-42(34-18-5-2-6-19-34)43(31-48(45)52-49)35-20-7-3-8-21-35)30-47(44)51-40-27-15-13-25-38(40)50(36-22-9-4-10-23-36)39-26-14-16-28-41(39)51/h2-32H,1H3/i2D,3D,4D,5D,6D,7D,8D,9D,10D,11D,12D,13D,14D,15D,16D,17D,18D,19D,20D,21D,22D,23D,24D,25D,26D,27D,28D,31D,32D. The topological polar surface area (TPSA) is 13.1 Å². The van der Waals surface area contributed by atoms with Gasteiger partial charge in [-0.3, -0.25) is 0 Å². The van der Waals surface area contributed by atoms with E-state index < -0.39 is 264 Å². The van der Waals surface area contributed by atoms with Crippen LogP contribution in [-0.4, -0.2) is 0 Å². The van der Waals surface area contributed by atoms with Crippen molar-refractivity contribution in [2.24, 2.45) is 0 Å². The van der Waals surface area contributed by atoms with E-state index in [1.54, 1.807) is 0 Å². The Hall–Kier alpha value is -6.70. The minimum Gasteiger partial charge on any atom is -0.456 e. The first-order valence-corrected chi connectivity index (χ1v) is 15.6. The highest BCUT2D eigenvalue weighted by atomic mass is 16.3. The summed E-state index contributed by atoms with van der Waals surface area (Å²) < 4.78 is 267. The first kappa shape index (κ1) is 12.8. The number of fused-ring (bicyclic) bond motifs is 5. The Morgan fingerprint density at radius 2 is 0.769 bits per heavy atom. The fourth-order valence-corrected chi connectivity index (χ4v) is 6.42. The summed E-state index contributed by atoms with van der Waals surface area (Å²) in [6.07, 6.45) is 0. The van der Waals surface area contributed by atoms with Crippen molar-refractivity contribution >= 4 is 43.5 Å². The second kappa shape index (κ2) is 12.3. The second-order valence-corrected chi connectivity index (χ2v) is 11.5. The molecule has 1 heteroatoms. The Morgan fingerprint density at radius 3 is 1.35 bits per heavy atom. The number of hydrogen-bond donors (Lipinski definition) is 0. The van der Waals surface area contributed by atoms with Gasteiger partial charge >= 0.3 is 0 Å². The summed E-state index contributed by atoms with van der Waals surface area (Å²) in [4.78, 5) is 0. The molecule has 0 aliphatic carbocycles. The lowest BCUT2D eigenvalue weighted by Crippen LogP contribution is -1.93. The largest absolute Gasteiger partial charge is 0.456 e. The Balaban J connectivity index is 1.57. The van der Waals surface area contributed by atoms with Crippen LogP contribution in [0.5, 0.6) is 0 Å². The summed E-state index contributed by atoms with van der Waals surface area (Å²) in [6, 6.07) is -23.6. The lowest BCUT2D eigenvalue weighted by Gasteiger charge is -2.20. The fourth-order valence-electron chi connectivity index (χ4n) is 6.42. The normalized spacial score (nSPS) is 19.4. The van der Waals surface area contributed by atoms with Crippen LogP contribution in [0, 0.1) is 6.92 Å². The maximum Gasteiger partial charge on any atom is 0.136 e. The molecule has 0 N–H and O–H groups in total. The van der Waals surface area contributed by atoms with Crippen molar-refractivity contribution in [1.82, 2.24) is 0 Å². The number of hydrogen-bond acceptors (Lipinski definition) is 1. The SMILES string of the molecule is [2H]c1c([2H])c([2H])c(-c2cc3c(oc4c([2H])c(-c5c([2H])c([2H])c([2H])c([2H])c5C)c(-c5c6c([2H])c([2H])c([2H])c([2H])c6c(-c6c([2H])c([2H])c([2H])c([2H])c6[2H])c6c([2H])c([2H])c([2H])c([2H])c56)cc43)c([2H])c2-c2c([2H])c([2H])c([2H])c([2H])c2[2H])c([2H])c1[2H]. The van der Waals surface area contributed by atoms with Crippen molar-refractivity contribution in [3.8, 4) is 55.6 Å². The average Bonchev–Trinajstić information content (AvgIpc) is 3.82. The van der Waals surface area contributed by atoms with Crippen LogP contribution in [0.4, 0.5) is 0 Å². The van der Waals surface area contributed by atoms with Gasteiger partial charge in [0.05, 0.1) is 39.8 Å². The molecule has 1 aromatic heterocycles. The van der Waals surface area contributed by atoms with Crippen LogP contribution in [0.25, 0.3) is 99.1 Å². The van der Waals surface area contributed by atoms with E-state index in [1.807, 2.05) is 0 Å². The Labute approximate surface area is 343 Å². The first-order chi connectivity index (χ1) is 37.8. The van der Waals surface area contributed by atoms with Gasteiger partial charge in [0.1, 0.15) is 11.2 Å². The van der Waals surface area contributed by atoms with Gasteiger partial charge in [-0.15, -0.1) is 0 Å². The van der Waals surface area contributed by atoms with Gasteiger partial charge in [0.2, 0.25) is 0 Å². The van der Waals surface area contributed by atoms with Crippen molar-refractivity contribution in [1.29, 1.82) is 0 Å². The summed E-state index contributed by atoms with van der Waals surface area (Å²) in [5, 5.41) is -3.23. The quantitative estimate of drug-likeness (QED) is 0.164. The fraction of sp³-hybridized carbons (Fsp3) is 0.0196.